The molecule has 3 N–H and O–H groups in total. The number of allylic oxidation sites excluding steroid dienone is 1. The molecule has 0 spiro atoms. The number of pyridine rings is 1. The van der Waals surface area contributed by atoms with Gasteiger partial charge in [0.15, 0.2) is 22.9 Å². The van der Waals surface area contributed by atoms with Gasteiger partial charge in [-0.25, -0.2) is 14.8 Å². The average molecular weight is 476 g/mol. The fourth-order valence-electron chi connectivity index (χ4n) is 3.66. The van der Waals surface area contributed by atoms with Crippen LogP contribution in [-0.2, 0) is 4.74 Å². The smallest absolute Gasteiger partial charge is 0.347 e. The molecule has 3 heterocycles. The summed E-state index contributed by atoms with van der Waals surface area (Å²) in [5.74, 6) is -0.172. The van der Waals surface area contributed by atoms with Gasteiger partial charge in [0, 0.05) is 48.0 Å². The van der Waals surface area contributed by atoms with Gasteiger partial charge in [-0.15, -0.1) is 0 Å². The number of fused-ring (bicyclic) bond motifs is 1. The Labute approximate surface area is 204 Å². The van der Waals surface area contributed by atoms with Crippen LogP contribution in [0.4, 0.5) is 23.1 Å². The predicted molar refractivity (Wildman–Crippen MR) is 138 cm³/mol. The molecule has 0 saturated heterocycles. The molecule has 9 heteroatoms. The van der Waals surface area contributed by atoms with Crippen molar-refractivity contribution in [2.24, 2.45) is 4.99 Å². The van der Waals surface area contributed by atoms with E-state index in [0.29, 0.717) is 11.4 Å². The zero-order valence-electron chi connectivity index (χ0n) is 20.3. The Balaban J connectivity index is 1.64. The summed E-state index contributed by atoms with van der Waals surface area (Å²) in [4.78, 5) is 23.3. The van der Waals surface area contributed by atoms with Crippen LogP contribution < -0.4 is 10.6 Å². The SMILES string of the molecule is CCOC(=O)c1c(Nc2ccc(NCCN(C)C)cc2C)oc(C=C2C=Nc3ncccc32)c1O. The highest BCUT2D eigenvalue weighted by molar-refractivity contribution is 6.21. The van der Waals surface area contributed by atoms with E-state index < -0.39 is 5.97 Å². The van der Waals surface area contributed by atoms with Crippen molar-refractivity contribution >= 4 is 46.9 Å². The lowest BCUT2D eigenvalue weighted by molar-refractivity contribution is 0.0524. The van der Waals surface area contributed by atoms with Crippen molar-refractivity contribution in [2.45, 2.75) is 13.8 Å². The van der Waals surface area contributed by atoms with Gasteiger partial charge in [-0.1, -0.05) is 0 Å². The summed E-state index contributed by atoms with van der Waals surface area (Å²) in [6.07, 6.45) is 4.93. The van der Waals surface area contributed by atoms with Crippen LogP contribution in [-0.4, -0.2) is 61.0 Å². The Kier molecular flexibility index (Phi) is 7.17. The molecule has 0 saturated carbocycles. The fraction of sp³-hybridized carbons (Fsp3) is 0.269. The molecule has 1 aliphatic heterocycles. The number of benzene rings is 1. The second-order valence-corrected chi connectivity index (χ2v) is 8.36. The van der Waals surface area contributed by atoms with Gasteiger partial charge in [0.2, 0.25) is 5.88 Å². The lowest BCUT2D eigenvalue weighted by atomic mass is 10.1. The number of hydrogen-bond acceptors (Lipinski definition) is 9. The van der Waals surface area contributed by atoms with E-state index in [4.69, 9.17) is 9.15 Å². The summed E-state index contributed by atoms with van der Waals surface area (Å²) < 4.78 is 11.1. The Hall–Kier alpha value is -4.11. The van der Waals surface area contributed by atoms with E-state index in [1.54, 1.807) is 25.4 Å². The summed E-state index contributed by atoms with van der Waals surface area (Å²) >= 11 is 0. The Morgan fingerprint density at radius 1 is 1.29 bits per heavy atom. The molecule has 0 fully saturated rings. The van der Waals surface area contributed by atoms with Gasteiger partial charge < -0.3 is 29.8 Å². The van der Waals surface area contributed by atoms with Crippen LogP contribution in [0.1, 0.15) is 34.2 Å². The van der Waals surface area contributed by atoms with Gasteiger partial charge in [-0.3, -0.25) is 0 Å². The molecule has 1 aliphatic rings. The summed E-state index contributed by atoms with van der Waals surface area (Å²) in [6, 6.07) is 9.53. The highest BCUT2D eigenvalue weighted by Crippen LogP contribution is 2.39. The van der Waals surface area contributed by atoms with Crippen LogP contribution in [0.25, 0.3) is 11.6 Å². The highest BCUT2D eigenvalue weighted by Gasteiger charge is 2.27. The van der Waals surface area contributed by atoms with Gasteiger partial charge in [-0.2, -0.15) is 0 Å². The number of furan rings is 1. The fourth-order valence-corrected chi connectivity index (χ4v) is 3.66. The summed E-state index contributed by atoms with van der Waals surface area (Å²) in [5, 5.41) is 17.4. The first-order valence-electron chi connectivity index (χ1n) is 11.4. The molecule has 2 aromatic heterocycles. The van der Waals surface area contributed by atoms with E-state index in [2.05, 4.69) is 25.5 Å². The number of aromatic hydroxyl groups is 1. The number of esters is 1. The van der Waals surface area contributed by atoms with Crippen molar-refractivity contribution in [3.8, 4) is 5.75 Å². The molecular weight excluding hydrogens is 446 g/mol. The third-order valence-corrected chi connectivity index (χ3v) is 5.46. The third kappa shape index (κ3) is 5.36. The number of carbonyl (C=O) groups is 1. The van der Waals surface area contributed by atoms with Crippen molar-refractivity contribution < 1.29 is 19.1 Å². The molecule has 3 aromatic rings. The third-order valence-electron chi connectivity index (χ3n) is 5.46. The number of hydrogen-bond donors (Lipinski definition) is 3. The molecule has 35 heavy (non-hydrogen) atoms. The van der Waals surface area contributed by atoms with E-state index >= 15 is 0 Å². The topological polar surface area (TPSA) is 112 Å². The van der Waals surface area contributed by atoms with Crippen LogP contribution in [0.15, 0.2) is 45.9 Å². The Morgan fingerprint density at radius 3 is 2.86 bits per heavy atom. The molecule has 4 rings (SSSR count). The molecule has 0 unspecified atom stereocenters. The van der Waals surface area contributed by atoms with E-state index in [0.717, 1.165) is 35.6 Å². The average Bonchev–Trinajstić information content (AvgIpc) is 3.36. The predicted octanol–water partition coefficient (Wildman–Crippen LogP) is 4.84. The zero-order valence-corrected chi connectivity index (χ0v) is 20.3. The zero-order chi connectivity index (χ0) is 24.9. The van der Waals surface area contributed by atoms with Crippen LogP contribution in [0, 0.1) is 6.92 Å². The number of aliphatic imine (C=N–C) groups is 1. The number of nitrogens with one attached hydrogen (secondary N) is 2. The minimum Gasteiger partial charge on any atom is -0.504 e. The van der Waals surface area contributed by atoms with Crippen LogP contribution in [0.3, 0.4) is 0 Å². The van der Waals surface area contributed by atoms with Crippen LogP contribution in [0.2, 0.25) is 0 Å². The first kappa shape index (κ1) is 24.0. The maximum absolute atomic E-state index is 12.7. The molecule has 0 aliphatic carbocycles. The second kappa shape index (κ2) is 10.4. The van der Waals surface area contributed by atoms with E-state index in [-0.39, 0.29) is 29.6 Å². The second-order valence-electron chi connectivity index (χ2n) is 8.36. The van der Waals surface area contributed by atoms with E-state index in [9.17, 15) is 9.90 Å². The normalized spacial score (nSPS) is 13.3. The minimum atomic E-state index is -0.678. The molecule has 1 aromatic carbocycles. The first-order chi connectivity index (χ1) is 16.9. The first-order valence-corrected chi connectivity index (χ1v) is 11.4. The number of aromatic nitrogens is 1. The maximum Gasteiger partial charge on any atom is 0.347 e. The number of carbonyl (C=O) groups excluding carboxylic acids is 1. The summed E-state index contributed by atoms with van der Waals surface area (Å²) in [5.41, 5.74) is 4.12. The lowest BCUT2D eigenvalue weighted by Gasteiger charge is -2.14. The van der Waals surface area contributed by atoms with Crippen LogP contribution in [0.5, 0.6) is 5.75 Å². The molecular formula is C26H29N5O4. The molecule has 0 amide bonds. The molecule has 0 radical (unpaired) electrons. The lowest BCUT2D eigenvalue weighted by Crippen LogP contribution is -2.20. The minimum absolute atomic E-state index is 0.0624. The molecule has 0 bridgehead atoms. The van der Waals surface area contributed by atoms with Crippen molar-refractivity contribution in [1.82, 2.24) is 9.88 Å². The van der Waals surface area contributed by atoms with Gasteiger partial charge in [0.1, 0.15) is 0 Å². The van der Waals surface area contributed by atoms with Crippen molar-refractivity contribution in [3.05, 3.63) is 59.0 Å². The number of rotatable bonds is 9. The largest absolute Gasteiger partial charge is 0.504 e. The van der Waals surface area contributed by atoms with Gasteiger partial charge >= 0.3 is 5.97 Å². The number of aryl methyl sites for hydroxylation is 1. The van der Waals surface area contributed by atoms with Crippen molar-refractivity contribution in [1.29, 1.82) is 0 Å². The van der Waals surface area contributed by atoms with E-state index in [1.807, 2.05) is 51.4 Å². The maximum atomic E-state index is 12.7. The van der Waals surface area contributed by atoms with Crippen molar-refractivity contribution in [3.63, 3.8) is 0 Å². The van der Waals surface area contributed by atoms with E-state index in [1.165, 1.54) is 0 Å². The number of anilines is 3. The quantitative estimate of drug-likeness (QED) is 0.377. The summed E-state index contributed by atoms with van der Waals surface area (Å²) in [6.45, 7) is 5.55. The monoisotopic (exact) mass is 475 g/mol. The Bertz CT molecular complexity index is 1290. The highest BCUT2D eigenvalue weighted by atomic mass is 16.5. The van der Waals surface area contributed by atoms with Gasteiger partial charge in [0.25, 0.3) is 0 Å². The summed E-state index contributed by atoms with van der Waals surface area (Å²) in [7, 11) is 4.05. The molecule has 9 nitrogen and oxygen atoms in total. The number of likely N-dealkylation sites (N-methyl/N-ethyl adjacent to an activating group) is 1. The van der Waals surface area contributed by atoms with Crippen molar-refractivity contribution in [2.75, 3.05) is 44.4 Å². The number of nitrogens with zero attached hydrogens (tertiary/aromatic N) is 3. The molecule has 182 valence electrons. The van der Waals surface area contributed by atoms with Gasteiger partial charge in [-0.05, 0) is 69.9 Å². The van der Waals surface area contributed by atoms with Crippen LogP contribution >= 0.6 is 0 Å². The Morgan fingerprint density at radius 2 is 2.11 bits per heavy atom. The van der Waals surface area contributed by atoms with Gasteiger partial charge in [0.05, 0.1) is 6.61 Å². The molecule has 0 atom stereocenters. The number of ether oxygens (including phenoxy) is 1. The standard InChI is InChI=1S/C26H29N5O4/c1-5-34-26(33)22-23(32)21(14-17-15-29-24-19(17)7-6-10-28-24)35-25(22)30-20-9-8-18(13-16(20)2)27-11-12-31(3)4/h6-10,13-15,27,30,32H,5,11-12H2,1-4H3.